The van der Waals surface area contributed by atoms with Crippen molar-refractivity contribution in [3.05, 3.63) is 24.5 Å². The average molecular weight is 244 g/mol. The number of H-pyrrole nitrogens is 1. The molecule has 3 rings (SSSR count). The number of anilines is 1. The van der Waals surface area contributed by atoms with E-state index in [4.69, 9.17) is 0 Å². The standard InChI is InChI=1S/C13H16N4O/c1-17(9-5-6-9)7-12(18)16-11-4-2-3-10-13(11)15-8-14-10/h2-4,8-9H,5-7H2,1H3,(H,14,15)(H,16,18). The molecule has 2 N–H and O–H groups in total. The van der Waals surface area contributed by atoms with Crippen molar-refractivity contribution in [1.29, 1.82) is 0 Å². The van der Waals surface area contributed by atoms with Gasteiger partial charge in [0.1, 0.15) is 5.52 Å². The Morgan fingerprint density at radius 1 is 1.56 bits per heavy atom. The van der Waals surface area contributed by atoms with E-state index in [1.54, 1.807) is 6.33 Å². The average Bonchev–Trinajstić information content (AvgIpc) is 3.08. The van der Waals surface area contributed by atoms with Crippen molar-refractivity contribution in [3.8, 4) is 0 Å². The van der Waals surface area contributed by atoms with Gasteiger partial charge in [0.25, 0.3) is 0 Å². The summed E-state index contributed by atoms with van der Waals surface area (Å²) < 4.78 is 0. The monoisotopic (exact) mass is 244 g/mol. The van der Waals surface area contributed by atoms with Crippen LogP contribution in [0.1, 0.15) is 12.8 Å². The Hall–Kier alpha value is -1.88. The summed E-state index contributed by atoms with van der Waals surface area (Å²) in [5.74, 6) is 0.0138. The van der Waals surface area contributed by atoms with Crippen LogP contribution in [0.2, 0.25) is 0 Å². The lowest BCUT2D eigenvalue weighted by molar-refractivity contribution is -0.117. The van der Waals surface area contributed by atoms with Gasteiger partial charge in [-0.25, -0.2) is 4.98 Å². The van der Waals surface area contributed by atoms with Gasteiger partial charge in [-0.3, -0.25) is 9.69 Å². The van der Waals surface area contributed by atoms with Gasteiger partial charge >= 0.3 is 0 Å². The minimum Gasteiger partial charge on any atom is -0.345 e. The van der Waals surface area contributed by atoms with Crippen LogP contribution < -0.4 is 5.32 Å². The lowest BCUT2D eigenvalue weighted by Gasteiger charge is -2.15. The zero-order valence-corrected chi connectivity index (χ0v) is 10.3. The fourth-order valence-corrected chi connectivity index (χ4v) is 2.13. The molecule has 1 fully saturated rings. The maximum absolute atomic E-state index is 11.9. The molecule has 1 aromatic carbocycles. The largest absolute Gasteiger partial charge is 0.345 e. The predicted molar refractivity (Wildman–Crippen MR) is 70.4 cm³/mol. The first-order chi connectivity index (χ1) is 8.74. The molecule has 0 saturated heterocycles. The molecule has 1 aliphatic rings. The van der Waals surface area contributed by atoms with Crippen LogP contribution in [0.15, 0.2) is 24.5 Å². The highest BCUT2D eigenvalue weighted by atomic mass is 16.2. The number of carbonyl (C=O) groups is 1. The molecule has 0 aliphatic heterocycles. The van der Waals surface area contributed by atoms with Crippen molar-refractivity contribution in [2.45, 2.75) is 18.9 Å². The number of hydrogen-bond donors (Lipinski definition) is 2. The summed E-state index contributed by atoms with van der Waals surface area (Å²) in [5.41, 5.74) is 2.51. The van der Waals surface area contributed by atoms with Crippen LogP contribution in [0.3, 0.4) is 0 Å². The van der Waals surface area contributed by atoms with Crippen LogP contribution in [0.5, 0.6) is 0 Å². The minimum absolute atomic E-state index is 0.0138. The number of aromatic amines is 1. The van der Waals surface area contributed by atoms with Crippen LogP contribution in [0, 0.1) is 0 Å². The van der Waals surface area contributed by atoms with E-state index in [0.29, 0.717) is 12.6 Å². The second-order valence-electron chi connectivity index (χ2n) is 4.80. The van der Waals surface area contributed by atoms with Crippen molar-refractivity contribution in [3.63, 3.8) is 0 Å². The fourth-order valence-electron chi connectivity index (χ4n) is 2.13. The number of nitrogens with one attached hydrogen (secondary N) is 2. The maximum Gasteiger partial charge on any atom is 0.238 e. The molecule has 0 atom stereocenters. The Kier molecular flexibility index (Phi) is 2.76. The summed E-state index contributed by atoms with van der Waals surface area (Å²) in [4.78, 5) is 21.3. The highest BCUT2D eigenvalue weighted by molar-refractivity contribution is 6.00. The van der Waals surface area contributed by atoms with Crippen LogP contribution in [0.25, 0.3) is 11.0 Å². The zero-order valence-electron chi connectivity index (χ0n) is 10.3. The van der Waals surface area contributed by atoms with Crippen molar-refractivity contribution in [2.75, 3.05) is 18.9 Å². The SMILES string of the molecule is CN(CC(=O)Nc1cccc2[nH]cnc12)C1CC1. The van der Waals surface area contributed by atoms with Crippen LogP contribution in [-0.4, -0.2) is 40.4 Å². The van der Waals surface area contributed by atoms with E-state index in [1.165, 1.54) is 12.8 Å². The number of hydrogen-bond acceptors (Lipinski definition) is 3. The van der Waals surface area contributed by atoms with E-state index in [2.05, 4.69) is 20.2 Å². The molecule has 1 aromatic heterocycles. The number of imidazole rings is 1. The summed E-state index contributed by atoms with van der Waals surface area (Å²) in [6, 6.07) is 6.31. The summed E-state index contributed by atoms with van der Waals surface area (Å²) in [6.07, 6.45) is 4.05. The van der Waals surface area contributed by atoms with E-state index >= 15 is 0 Å². The van der Waals surface area contributed by atoms with E-state index in [9.17, 15) is 4.79 Å². The summed E-state index contributed by atoms with van der Waals surface area (Å²) in [5, 5.41) is 2.92. The number of amides is 1. The van der Waals surface area contributed by atoms with Crippen LogP contribution in [-0.2, 0) is 4.79 Å². The second kappa shape index (κ2) is 4.42. The normalized spacial score (nSPS) is 15.2. The molecule has 18 heavy (non-hydrogen) atoms. The highest BCUT2D eigenvalue weighted by Gasteiger charge is 2.27. The number of para-hydroxylation sites is 1. The zero-order chi connectivity index (χ0) is 12.5. The van der Waals surface area contributed by atoms with E-state index < -0.39 is 0 Å². The molecule has 94 valence electrons. The molecule has 1 amide bonds. The van der Waals surface area contributed by atoms with E-state index in [-0.39, 0.29) is 5.91 Å². The second-order valence-corrected chi connectivity index (χ2v) is 4.80. The Morgan fingerprint density at radius 3 is 3.17 bits per heavy atom. The molecule has 5 heteroatoms. The molecule has 0 unspecified atom stereocenters. The van der Waals surface area contributed by atoms with E-state index in [1.807, 2.05) is 25.2 Å². The van der Waals surface area contributed by atoms with Gasteiger partial charge in [0.15, 0.2) is 0 Å². The van der Waals surface area contributed by atoms with Crippen LogP contribution >= 0.6 is 0 Å². The first-order valence-electron chi connectivity index (χ1n) is 6.16. The Bertz CT molecular complexity index is 573. The third-order valence-corrected chi connectivity index (χ3v) is 3.29. The van der Waals surface area contributed by atoms with Crippen LogP contribution in [0.4, 0.5) is 5.69 Å². The summed E-state index contributed by atoms with van der Waals surface area (Å²) in [7, 11) is 1.99. The lowest BCUT2D eigenvalue weighted by atomic mass is 10.2. The van der Waals surface area contributed by atoms with Crippen molar-refractivity contribution in [2.24, 2.45) is 0 Å². The molecule has 1 aliphatic carbocycles. The molecule has 1 heterocycles. The maximum atomic E-state index is 11.9. The first kappa shape index (κ1) is 11.2. The molecular weight excluding hydrogens is 228 g/mol. The number of nitrogens with zero attached hydrogens (tertiary/aromatic N) is 2. The molecule has 0 spiro atoms. The fraction of sp³-hybridized carbons (Fsp3) is 0.385. The number of rotatable bonds is 4. The predicted octanol–water partition coefficient (Wildman–Crippen LogP) is 1.60. The van der Waals surface area contributed by atoms with Crippen molar-refractivity contribution in [1.82, 2.24) is 14.9 Å². The van der Waals surface area contributed by atoms with Gasteiger partial charge in [0.2, 0.25) is 5.91 Å². The number of aromatic nitrogens is 2. The smallest absolute Gasteiger partial charge is 0.238 e. The van der Waals surface area contributed by atoms with Crippen molar-refractivity contribution < 1.29 is 4.79 Å². The Labute approximate surface area is 105 Å². The third kappa shape index (κ3) is 2.22. The Balaban J connectivity index is 1.71. The van der Waals surface area contributed by atoms with E-state index in [0.717, 1.165) is 16.7 Å². The van der Waals surface area contributed by atoms with Gasteiger partial charge in [-0.05, 0) is 32.0 Å². The molecule has 5 nitrogen and oxygen atoms in total. The lowest BCUT2D eigenvalue weighted by Crippen LogP contribution is -2.31. The highest BCUT2D eigenvalue weighted by Crippen LogP contribution is 2.25. The number of benzene rings is 1. The summed E-state index contributed by atoms with van der Waals surface area (Å²) in [6.45, 7) is 0.436. The quantitative estimate of drug-likeness (QED) is 0.858. The molecule has 2 aromatic rings. The summed E-state index contributed by atoms with van der Waals surface area (Å²) >= 11 is 0. The van der Waals surface area contributed by atoms with Gasteiger partial charge in [0, 0.05) is 6.04 Å². The van der Waals surface area contributed by atoms with Gasteiger partial charge < -0.3 is 10.3 Å². The number of fused-ring (bicyclic) bond motifs is 1. The van der Waals surface area contributed by atoms with Gasteiger partial charge in [-0.2, -0.15) is 0 Å². The van der Waals surface area contributed by atoms with Crippen molar-refractivity contribution >= 4 is 22.6 Å². The van der Waals surface area contributed by atoms with Gasteiger partial charge in [-0.15, -0.1) is 0 Å². The van der Waals surface area contributed by atoms with Gasteiger partial charge in [-0.1, -0.05) is 6.07 Å². The minimum atomic E-state index is 0.0138. The number of likely N-dealkylation sites (N-methyl/N-ethyl adjacent to an activating group) is 1. The molecular formula is C13H16N4O. The third-order valence-electron chi connectivity index (χ3n) is 3.29. The van der Waals surface area contributed by atoms with Gasteiger partial charge in [0.05, 0.1) is 24.1 Å². The molecule has 1 saturated carbocycles. The first-order valence-corrected chi connectivity index (χ1v) is 6.16. The number of carbonyl (C=O) groups excluding carboxylic acids is 1. The molecule has 0 radical (unpaired) electrons. The topological polar surface area (TPSA) is 61.0 Å². The molecule has 0 bridgehead atoms. The Morgan fingerprint density at radius 2 is 2.39 bits per heavy atom.